The fraction of sp³-hybridized carbons (Fsp3) is 0.667. The van der Waals surface area contributed by atoms with Gasteiger partial charge in [-0.2, -0.15) is 5.06 Å². The topological polar surface area (TPSA) is 66.8 Å². The van der Waals surface area contributed by atoms with Crippen LogP contribution in [0.15, 0.2) is 0 Å². The van der Waals surface area contributed by atoms with Crippen LogP contribution in [0.3, 0.4) is 0 Å². The molecule has 0 aromatic rings. The minimum atomic E-state index is -0.330. The van der Waals surface area contributed by atoms with E-state index in [0.29, 0.717) is 0 Å². The van der Waals surface area contributed by atoms with E-state index < -0.39 is 0 Å². The van der Waals surface area contributed by atoms with Gasteiger partial charge < -0.3 is 5.11 Å². The Morgan fingerprint density at radius 3 is 2.25 bits per heavy atom. The second-order valence-corrected chi connectivity index (χ2v) is 2.14. The molecule has 6 heteroatoms. The van der Waals surface area contributed by atoms with Crippen molar-refractivity contribution in [2.75, 3.05) is 13.2 Å². The van der Waals surface area contributed by atoms with Crippen LogP contribution in [0.4, 0.5) is 0 Å². The van der Waals surface area contributed by atoms with E-state index in [2.05, 4.69) is 4.84 Å². The summed E-state index contributed by atoms with van der Waals surface area (Å²) >= 11 is 0. The molecule has 1 aliphatic heterocycles. The second kappa shape index (κ2) is 5.58. The fourth-order valence-corrected chi connectivity index (χ4v) is 0.832. The van der Waals surface area contributed by atoms with Gasteiger partial charge in [-0.3, -0.25) is 14.4 Å². The van der Waals surface area contributed by atoms with Crippen molar-refractivity contribution in [3.05, 3.63) is 0 Å². The average molecular weight is 370 g/mol. The molecule has 1 N–H and O–H groups in total. The number of hydrogen-bond acceptors (Lipinski definition) is 4. The first-order chi connectivity index (χ1) is 5.25. The predicted molar refractivity (Wildman–Crippen MR) is 42.7 cm³/mol. The van der Waals surface area contributed by atoms with Crippen LogP contribution in [0.1, 0.15) is 12.8 Å². The van der Waals surface area contributed by atoms with Crippen LogP contribution in [-0.2, 0) is 14.4 Å². The van der Waals surface area contributed by atoms with Gasteiger partial charge in [-0.1, -0.05) is 0 Å². The molecule has 70 valence electrons. The molecule has 0 radical (unpaired) electrons. The summed E-state index contributed by atoms with van der Waals surface area (Å²) in [6, 6.07) is 0. The number of hydroxylamine groups is 2. The van der Waals surface area contributed by atoms with Gasteiger partial charge in [-0.25, -0.2) is 0 Å². The zero-order valence-electron chi connectivity index (χ0n) is 6.45. The first kappa shape index (κ1) is 12.0. The molecule has 1 aliphatic rings. The fourth-order valence-electron chi connectivity index (χ4n) is 0.832. The number of carbonyl (C=O) groups is 2. The number of carbonyl (C=O) groups excluding carboxylic acids is 2. The summed E-state index contributed by atoms with van der Waals surface area (Å²) in [7, 11) is 0. The number of amides is 2. The molecule has 5 nitrogen and oxygen atoms in total. The molecule has 0 saturated carbocycles. The standard InChI is InChI=1S/C6H9NO4.Po.2H/c8-3-4-11-7-5(9)1-2-6(7)10;;;/h8H,1-4H2;;;. The van der Waals surface area contributed by atoms with Crippen LogP contribution in [0.2, 0.25) is 0 Å². The number of aliphatic hydroxyl groups is 1. The Morgan fingerprint density at radius 1 is 1.33 bits per heavy atom. The Morgan fingerprint density at radius 2 is 1.83 bits per heavy atom. The van der Waals surface area contributed by atoms with Crippen molar-refractivity contribution in [1.82, 2.24) is 5.06 Å². The van der Waals surface area contributed by atoms with Gasteiger partial charge in [0.05, 0.1) is 13.2 Å². The molecular weight excluding hydrogens is 359 g/mol. The second-order valence-electron chi connectivity index (χ2n) is 2.14. The maximum absolute atomic E-state index is 10.8. The summed E-state index contributed by atoms with van der Waals surface area (Å²) in [5, 5.41) is 9.04. The van der Waals surface area contributed by atoms with E-state index in [1.54, 1.807) is 0 Å². The number of aliphatic hydroxyl groups excluding tert-OH is 1. The minimum absolute atomic E-state index is 0. The molecule has 0 spiro atoms. The van der Waals surface area contributed by atoms with Gasteiger partial charge in [0.1, 0.15) is 0 Å². The number of nitrogens with zero attached hydrogens (tertiary/aromatic N) is 1. The quantitative estimate of drug-likeness (QED) is 0.592. The van der Waals surface area contributed by atoms with Crippen molar-refractivity contribution in [3.8, 4) is 0 Å². The normalized spacial score (nSPS) is 16.6. The van der Waals surface area contributed by atoms with Crippen molar-refractivity contribution in [2.24, 2.45) is 0 Å². The van der Waals surface area contributed by atoms with Crippen LogP contribution in [0, 0.1) is 0 Å². The maximum atomic E-state index is 10.8. The molecule has 1 saturated heterocycles. The Labute approximate surface area is 89.1 Å². The van der Waals surface area contributed by atoms with Gasteiger partial charge in [0.25, 0.3) is 11.8 Å². The zero-order chi connectivity index (χ0) is 8.27. The predicted octanol–water partition coefficient (Wildman–Crippen LogP) is -1.86. The van der Waals surface area contributed by atoms with Gasteiger partial charge in [-0.05, 0) is 0 Å². The van der Waals surface area contributed by atoms with E-state index in [-0.39, 0.29) is 64.4 Å². The van der Waals surface area contributed by atoms with Gasteiger partial charge in [0, 0.05) is 12.8 Å². The summed E-state index contributed by atoms with van der Waals surface area (Å²) < 4.78 is 0. The molecule has 1 fully saturated rings. The van der Waals surface area contributed by atoms with Crippen molar-refractivity contribution >= 4 is 38.4 Å². The first-order valence-corrected chi connectivity index (χ1v) is 3.35. The third-order valence-corrected chi connectivity index (χ3v) is 1.32. The van der Waals surface area contributed by atoms with Crippen molar-refractivity contribution < 1.29 is 19.5 Å². The third kappa shape index (κ3) is 2.78. The Hall–Kier alpha value is -0.0439. The summed E-state index contributed by atoms with van der Waals surface area (Å²) in [5.41, 5.74) is 0. The molecular formula is C6H11NO4Po. The first-order valence-electron chi connectivity index (χ1n) is 3.35. The molecule has 0 aliphatic carbocycles. The number of imide groups is 1. The summed E-state index contributed by atoms with van der Waals surface area (Å²) in [5.74, 6) is -0.660. The Kier molecular flexibility index (Phi) is 5.56. The summed E-state index contributed by atoms with van der Waals surface area (Å²) in [6.45, 7) is -0.214. The molecule has 1 rings (SSSR count). The molecule has 0 aromatic heterocycles. The molecule has 0 bridgehead atoms. The zero-order valence-corrected chi connectivity index (χ0v) is 10.3. The van der Waals surface area contributed by atoms with E-state index in [4.69, 9.17) is 5.11 Å². The van der Waals surface area contributed by atoms with Gasteiger partial charge >= 0.3 is 26.6 Å². The Bertz CT molecular complexity index is 168. The van der Waals surface area contributed by atoms with Crippen LogP contribution >= 0.6 is 0 Å². The van der Waals surface area contributed by atoms with Crippen LogP contribution < -0.4 is 0 Å². The van der Waals surface area contributed by atoms with E-state index in [1.807, 2.05) is 0 Å². The van der Waals surface area contributed by atoms with E-state index in [9.17, 15) is 9.59 Å². The number of hydrogen-bond donors (Lipinski definition) is 1. The van der Waals surface area contributed by atoms with Gasteiger partial charge in [0.15, 0.2) is 0 Å². The molecule has 0 unspecified atom stereocenters. The molecule has 2 amide bonds. The van der Waals surface area contributed by atoms with E-state index in [1.165, 1.54) is 0 Å². The molecule has 0 atom stereocenters. The summed E-state index contributed by atoms with van der Waals surface area (Å²) in [4.78, 5) is 26.2. The third-order valence-electron chi connectivity index (χ3n) is 1.32. The van der Waals surface area contributed by atoms with Crippen molar-refractivity contribution in [1.29, 1.82) is 0 Å². The summed E-state index contributed by atoms with van der Waals surface area (Å²) in [6.07, 6.45) is 0.425. The van der Waals surface area contributed by atoms with E-state index >= 15 is 0 Å². The monoisotopic (exact) mass is 370 g/mol. The van der Waals surface area contributed by atoms with Gasteiger partial charge in [0.2, 0.25) is 0 Å². The number of rotatable bonds is 3. The van der Waals surface area contributed by atoms with Crippen LogP contribution in [-0.4, -0.2) is 61.8 Å². The molecule has 0 aromatic carbocycles. The molecule has 1 heterocycles. The van der Waals surface area contributed by atoms with Crippen LogP contribution in [0.5, 0.6) is 0 Å². The molecule has 12 heavy (non-hydrogen) atoms. The van der Waals surface area contributed by atoms with Gasteiger partial charge in [-0.15, -0.1) is 0 Å². The van der Waals surface area contributed by atoms with Crippen molar-refractivity contribution in [3.63, 3.8) is 0 Å². The Balaban J connectivity index is 0.00000121. The van der Waals surface area contributed by atoms with Crippen molar-refractivity contribution in [2.45, 2.75) is 12.8 Å². The van der Waals surface area contributed by atoms with Crippen LogP contribution in [0.25, 0.3) is 0 Å². The SMILES string of the molecule is O=C1CCC(=O)N1OCCO.[PoH2]. The average Bonchev–Trinajstić information content (AvgIpc) is 2.29. The van der Waals surface area contributed by atoms with E-state index in [0.717, 1.165) is 5.06 Å².